The number of carbonyl (C=O) groups is 1. The van der Waals surface area contributed by atoms with Crippen LogP contribution in [0.4, 0.5) is 4.39 Å². The van der Waals surface area contributed by atoms with Crippen molar-refractivity contribution < 1.29 is 14.3 Å². The molecule has 0 saturated carbocycles. The molecule has 0 bridgehead atoms. The number of benzene rings is 1. The van der Waals surface area contributed by atoms with E-state index in [0.29, 0.717) is 12.2 Å². The van der Waals surface area contributed by atoms with E-state index in [1.807, 2.05) is 7.05 Å². The van der Waals surface area contributed by atoms with E-state index in [2.05, 4.69) is 4.90 Å². The largest absolute Gasteiger partial charge is 0.478 e. The molecule has 1 N–H and O–H groups in total. The lowest BCUT2D eigenvalue weighted by Crippen LogP contribution is -2.35. The van der Waals surface area contributed by atoms with Crippen molar-refractivity contribution in [3.05, 3.63) is 45.6 Å². The molecule has 0 radical (unpaired) electrons. The molecule has 1 aromatic carbocycles. The number of likely N-dealkylation sites (tertiary alicyclic amines) is 1. The van der Waals surface area contributed by atoms with E-state index in [4.69, 9.17) is 0 Å². The Bertz CT molecular complexity index is 844. The van der Waals surface area contributed by atoms with Gasteiger partial charge in [-0.1, -0.05) is 12.1 Å². The lowest BCUT2D eigenvalue weighted by Gasteiger charge is -2.23. The summed E-state index contributed by atoms with van der Waals surface area (Å²) < 4.78 is 15.6. The van der Waals surface area contributed by atoms with Crippen LogP contribution in [0.1, 0.15) is 28.9 Å². The fourth-order valence-corrected chi connectivity index (χ4v) is 3.48. The number of aromatic carboxylic acids is 1. The maximum absolute atomic E-state index is 14.2. The molecule has 3 rings (SSSR count). The average Bonchev–Trinajstić information content (AvgIpc) is 2.88. The van der Waals surface area contributed by atoms with Crippen molar-refractivity contribution in [1.29, 1.82) is 0 Å². The summed E-state index contributed by atoms with van der Waals surface area (Å²) in [5.41, 5.74) is -0.0819. The third-order valence-electron chi connectivity index (χ3n) is 4.79. The second-order valence-electron chi connectivity index (χ2n) is 6.12. The van der Waals surface area contributed by atoms with Crippen molar-refractivity contribution in [2.45, 2.75) is 32.4 Å². The molecule has 1 aromatic heterocycles. The number of carboxylic acids is 1. The molecule has 2 heterocycles. The van der Waals surface area contributed by atoms with Crippen LogP contribution in [0.2, 0.25) is 0 Å². The fraction of sp³-hybridized carbons (Fsp3) is 0.412. The molecule has 5 nitrogen and oxygen atoms in total. The predicted octanol–water partition coefficient (Wildman–Crippen LogP) is 2.24. The minimum Gasteiger partial charge on any atom is -0.478 e. The van der Waals surface area contributed by atoms with Crippen LogP contribution in [-0.4, -0.2) is 40.2 Å². The lowest BCUT2D eigenvalue weighted by molar-refractivity contribution is 0.0697. The lowest BCUT2D eigenvalue weighted by atomic mass is 10.0. The van der Waals surface area contributed by atoms with Crippen LogP contribution in [-0.2, 0) is 6.54 Å². The van der Waals surface area contributed by atoms with E-state index in [1.54, 1.807) is 6.92 Å². The summed E-state index contributed by atoms with van der Waals surface area (Å²) in [6, 6.07) is 4.27. The zero-order valence-corrected chi connectivity index (χ0v) is 13.2. The summed E-state index contributed by atoms with van der Waals surface area (Å²) in [6.45, 7) is 2.95. The number of nitrogens with zero attached hydrogens (tertiary/aromatic N) is 2. The van der Waals surface area contributed by atoms with Gasteiger partial charge in [0, 0.05) is 23.7 Å². The number of rotatable bonds is 3. The van der Waals surface area contributed by atoms with Crippen molar-refractivity contribution in [1.82, 2.24) is 9.47 Å². The number of aromatic nitrogens is 1. The number of carboxylic acid groups (broad SMARTS) is 1. The number of fused-ring (bicyclic) bond motifs is 1. The van der Waals surface area contributed by atoms with Gasteiger partial charge in [-0.3, -0.25) is 4.79 Å². The topological polar surface area (TPSA) is 62.5 Å². The Labute approximate surface area is 132 Å². The highest BCUT2D eigenvalue weighted by atomic mass is 19.1. The maximum atomic E-state index is 14.2. The van der Waals surface area contributed by atoms with Gasteiger partial charge in [-0.05, 0) is 39.4 Å². The van der Waals surface area contributed by atoms with Gasteiger partial charge >= 0.3 is 5.97 Å². The van der Waals surface area contributed by atoms with E-state index in [1.165, 1.54) is 22.8 Å². The normalized spacial score (nSPS) is 18.7. The van der Waals surface area contributed by atoms with Gasteiger partial charge in [0.15, 0.2) is 0 Å². The maximum Gasteiger partial charge on any atom is 0.338 e. The van der Waals surface area contributed by atoms with Crippen LogP contribution in [0.3, 0.4) is 0 Å². The third-order valence-corrected chi connectivity index (χ3v) is 4.79. The van der Waals surface area contributed by atoms with Crippen molar-refractivity contribution in [3.63, 3.8) is 0 Å². The van der Waals surface area contributed by atoms with Gasteiger partial charge in [0.25, 0.3) is 5.56 Å². The molecule has 23 heavy (non-hydrogen) atoms. The standard InChI is InChI=1S/C17H19FN2O3/c1-10-14(17(22)23)12-6-3-7-13(18)15(12)16(21)20(10)9-11-5-4-8-19(11)2/h3,6-7,11H,4-5,8-9H2,1-2H3,(H,22,23). The number of halogens is 1. The zero-order chi connectivity index (χ0) is 16.7. The van der Waals surface area contributed by atoms with Crippen LogP contribution in [0.25, 0.3) is 10.8 Å². The molecule has 0 aliphatic carbocycles. The predicted molar refractivity (Wildman–Crippen MR) is 85.5 cm³/mol. The first-order valence-electron chi connectivity index (χ1n) is 7.67. The molecular formula is C17H19FN2O3. The molecule has 0 amide bonds. The Morgan fingerprint density at radius 1 is 1.43 bits per heavy atom. The Balaban J connectivity index is 2.27. The van der Waals surface area contributed by atoms with E-state index < -0.39 is 17.3 Å². The van der Waals surface area contributed by atoms with E-state index in [0.717, 1.165) is 19.4 Å². The highest BCUT2D eigenvalue weighted by molar-refractivity contribution is 6.04. The van der Waals surface area contributed by atoms with Crippen molar-refractivity contribution >= 4 is 16.7 Å². The fourth-order valence-electron chi connectivity index (χ4n) is 3.48. The number of likely N-dealkylation sites (N-methyl/N-ethyl adjacent to an activating group) is 1. The van der Waals surface area contributed by atoms with Gasteiger partial charge in [-0.2, -0.15) is 0 Å². The second kappa shape index (κ2) is 5.77. The first kappa shape index (κ1) is 15.7. The molecule has 1 atom stereocenters. The second-order valence-corrected chi connectivity index (χ2v) is 6.12. The monoisotopic (exact) mass is 318 g/mol. The van der Waals surface area contributed by atoms with E-state index in [-0.39, 0.29) is 22.4 Å². The highest BCUT2D eigenvalue weighted by Gasteiger charge is 2.25. The Hall–Kier alpha value is -2.21. The molecule has 6 heteroatoms. The van der Waals surface area contributed by atoms with Crippen LogP contribution in [0, 0.1) is 12.7 Å². The molecule has 0 spiro atoms. The summed E-state index contributed by atoms with van der Waals surface area (Å²) in [5, 5.41) is 9.56. The van der Waals surface area contributed by atoms with Crippen molar-refractivity contribution in [2.75, 3.05) is 13.6 Å². The van der Waals surface area contributed by atoms with Crippen LogP contribution >= 0.6 is 0 Å². The first-order chi connectivity index (χ1) is 10.9. The van der Waals surface area contributed by atoms with Gasteiger partial charge in [-0.25, -0.2) is 9.18 Å². The first-order valence-corrected chi connectivity index (χ1v) is 7.67. The quantitative estimate of drug-likeness (QED) is 0.943. The van der Waals surface area contributed by atoms with E-state index >= 15 is 0 Å². The minimum atomic E-state index is -1.15. The molecule has 1 unspecified atom stereocenters. The SMILES string of the molecule is Cc1c(C(=O)O)c2cccc(F)c2c(=O)n1CC1CCCN1C. The van der Waals surface area contributed by atoms with Crippen LogP contribution in [0.5, 0.6) is 0 Å². The number of pyridine rings is 1. The highest BCUT2D eigenvalue weighted by Crippen LogP contribution is 2.23. The number of hydrogen-bond donors (Lipinski definition) is 1. The smallest absolute Gasteiger partial charge is 0.338 e. The van der Waals surface area contributed by atoms with Gasteiger partial charge in [-0.15, -0.1) is 0 Å². The zero-order valence-electron chi connectivity index (χ0n) is 13.2. The Morgan fingerprint density at radius 3 is 2.78 bits per heavy atom. The molecule has 1 saturated heterocycles. The van der Waals surface area contributed by atoms with Crippen molar-refractivity contribution in [2.24, 2.45) is 0 Å². The summed E-state index contributed by atoms with van der Waals surface area (Å²) in [6.07, 6.45) is 1.99. The molecule has 1 aliphatic rings. The summed E-state index contributed by atoms with van der Waals surface area (Å²) in [5.74, 6) is -1.82. The van der Waals surface area contributed by atoms with Gasteiger partial charge in [0.05, 0.1) is 10.9 Å². The molecule has 122 valence electrons. The van der Waals surface area contributed by atoms with Gasteiger partial charge in [0.2, 0.25) is 0 Å². The van der Waals surface area contributed by atoms with Gasteiger partial charge < -0.3 is 14.6 Å². The summed E-state index contributed by atoms with van der Waals surface area (Å²) in [4.78, 5) is 26.6. The van der Waals surface area contributed by atoms with Gasteiger partial charge in [0.1, 0.15) is 5.82 Å². The summed E-state index contributed by atoms with van der Waals surface area (Å²) in [7, 11) is 1.98. The minimum absolute atomic E-state index is 0.000231. The number of hydrogen-bond acceptors (Lipinski definition) is 3. The molecular weight excluding hydrogens is 299 g/mol. The van der Waals surface area contributed by atoms with Crippen molar-refractivity contribution in [3.8, 4) is 0 Å². The molecule has 2 aromatic rings. The average molecular weight is 318 g/mol. The van der Waals surface area contributed by atoms with Crippen LogP contribution < -0.4 is 5.56 Å². The Morgan fingerprint density at radius 2 is 2.17 bits per heavy atom. The molecule has 1 aliphatic heterocycles. The van der Waals surface area contributed by atoms with E-state index in [9.17, 15) is 19.1 Å². The molecule has 1 fully saturated rings. The Kier molecular flexibility index (Phi) is 3.93. The summed E-state index contributed by atoms with van der Waals surface area (Å²) >= 11 is 0. The third kappa shape index (κ3) is 2.53. The van der Waals surface area contributed by atoms with Crippen LogP contribution in [0.15, 0.2) is 23.0 Å².